The van der Waals surface area contributed by atoms with Gasteiger partial charge in [0.1, 0.15) is 5.75 Å². The largest absolute Gasteiger partial charge is 0.492 e. The number of hydrogen-bond donors (Lipinski definition) is 1. The van der Waals surface area contributed by atoms with E-state index in [1.807, 2.05) is 6.92 Å². The van der Waals surface area contributed by atoms with E-state index in [1.165, 1.54) is 19.2 Å². The summed E-state index contributed by atoms with van der Waals surface area (Å²) in [6.07, 6.45) is 0. The van der Waals surface area contributed by atoms with Crippen molar-refractivity contribution >= 4 is 21.7 Å². The Morgan fingerprint density at radius 3 is 2.38 bits per heavy atom. The first-order valence-corrected chi connectivity index (χ1v) is 9.00. The molecule has 128 valence electrons. The number of sulfonamides is 1. The molecule has 0 unspecified atom stereocenters. The zero-order valence-corrected chi connectivity index (χ0v) is 14.3. The number of ether oxygens (including phenoxy) is 2. The van der Waals surface area contributed by atoms with Gasteiger partial charge in [-0.25, -0.2) is 13.2 Å². The summed E-state index contributed by atoms with van der Waals surface area (Å²) in [5.74, 6) is -0.202. The molecule has 0 saturated carbocycles. The molecule has 6 nitrogen and oxygen atoms in total. The van der Waals surface area contributed by atoms with Crippen LogP contribution in [0.25, 0.3) is 0 Å². The average molecular weight is 349 g/mol. The van der Waals surface area contributed by atoms with Crippen LogP contribution in [0.1, 0.15) is 22.8 Å². The van der Waals surface area contributed by atoms with Crippen molar-refractivity contribution in [2.24, 2.45) is 0 Å². The molecule has 1 N–H and O–H groups in total. The Kier molecular flexibility index (Phi) is 5.81. The molecular formula is C17H19NO5S. The molecule has 0 bridgehead atoms. The minimum atomic E-state index is -3.61. The number of carbonyl (C=O) groups is 1. The zero-order valence-electron chi connectivity index (χ0n) is 13.5. The van der Waals surface area contributed by atoms with E-state index >= 15 is 0 Å². The van der Waals surface area contributed by atoms with Crippen LogP contribution in [0.4, 0.5) is 5.69 Å². The first-order chi connectivity index (χ1) is 11.4. The normalized spacial score (nSPS) is 10.9. The molecule has 24 heavy (non-hydrogen) atoms. The van der Waals surface area contributed by atoms with Crippen LogP contribution in [-0.4, -0.2) is 28.1 Å². The van der Waals surface area contributed by atoms with Crippen LogP contribution in [0, 0.1) is 0 Å². The van der Waals surface area contributed by atoms with Crippen molar-refractivity contribution in [3.8, 4) is 5.75 Å². The van der Waals surface area contributed by atoms with Crippen LogP contribution in [-0.2, 0) is 20.5 Å². The fraction of sp³-hybridized carbons (Fsp3) is 0.235. The van der Waals surface area contributed by atoms with Crippen LogP contribution in [0.2, 0.25) is 0 Å². The highest BCUT2D eigenvalue weighted by Crippen LogP contribution is 2.25. The van der Waals surface area contributed by atoms with Crippen molar-refractivity contribution in [3.05, 3.63) is 59.7 Å². The van der Waals surface area contributed by atoms with Crippen molar-refractivity contribution in [2.45, 2.75) is 12.7 Å². The van der Waals surface area contributed by atoms with Crippen molar-refractivity contribution < 1.29 is 22.7 Å². The minimum absolute atomic E-state index is 0.213. The van der Waals surface area contributed by atoms with Gasteiger partial charge in [0, 0.05) is 0 Å². The molecule has 0 radical (unpaired) electrons. The van der Waals surface area contributed by atoms with Crippen LogP contribution >= 0.6 is 0 Å². The number of nitrogens with one attached hydrogen (secondary N) is 1. The summed E-state index contributed by atoms with van der Waals surface area (Å²) in [5.41, 5.74) is 1.32. The van der Waals surface area contributed by atoms with Crippen molar-refractivity contribution in [1.29, 1.82) is 0 Å². The second-order valence-electron chi connectivity index (χ2n) is 4.98. The van der Waals surface area contributed by atoms with Gasteiger partial charge >= 0.3 is 5.97 Å². The fourth-order valence-electron chi connectivity index (χ4n) is 2.11. The van der Waals surface area contributed by atoms with E-state index in [2.05, 4.69) is 9.46 Å². The molecule has 0 atom stereocenters. The van der Waals surface area contributed by atoms with E-state index in [1.54, 1.807) is 36.4 Å². The lowest BCUT2D eigenvalue weighted by Gasteiger charge is -2.12. The summed E-state index contributed by atoms with van der Waals surface area (Å²) in [5, 5.41) is 0. The molecule has 0 saturated heterocycles. The lowest BCUT2D eigenvalue weighted by atomic mass is 10.1. The maximum atomic E-state index is 12.3. The van der Waals surface area contributed by atoms with Crippen LogP contribution in [0.15, 0.2) is 48.5 Å². The van der Waals surface area contributed by atoms with Gasteiger partial charge in [-0.1, -0.05) is 24.3 Å². The van der Waals surface area contributed by atoms with Crippen molar-refractivity contribution in [3.63, 3.8) is 0 Å². The Morgan fingerprint density at radius 2 is 1.75 bits per heavy atom. The molecule has 0 amide bonds. The molecule has 0 heterocycles. The van der Waals surface area contributed by atoms with E-state index in [-0.39, 0.29) is 5.75 Å². The fourth-order valence-corrected chi connectivity index (χ4v) is 3.32. The molecule has 0 aromatic heterocycles. The summed E-state index contributed by atoms with van der Waals surface area (Å²) >= 11 is 0. The van der Waals surface area contributed by atoms with Crippen molar-refractivity contribution in [2.75, 3.05) is 18.4 Å². The second kappa shape index (κ2) is 7.83. The molecule has 0 spiro atoms. The third-order valence-corrected chi connectivity index (χ3v) is 4.43. The van der Waals surface area contributed by atoms with Crippen molar-refractivity contribution in [1.82, 2.24) is 0 Å². The molecule has 0 aliphatic rings. The molecular weight excluding hydrogens is 330 g/mol. The first-order valence-electron chi connectivity index (χ1n) is 7.34. The SMILES string of the molecule is CCOc1ccccc1NS(=O)(=O)Cc1ccc(C(=O)OC)cc1. The maximum absolute atomic E-state index is 12.3. The maximum Gasteiger partial charge on any atom is 0.337 e. The van der Waals surface area contributed by atoms with Gasteiger partial charge in [0.05, 0.1) is 30.7 Å². The molecule has 0 aliphatic carbocycles. The Bertz CT molecular complexity index is 800. The summed E-state index contributed by atoms with van der Waals surface area (Å²) in [6.45, 7) is 2.27. The summed E-state index contributed by atoms with van der Waals surface area (Å²) in [7, 11) is -2.32. The Morgan fingerprint density at radius 1 is 1.08 bits per heavy atom. The summed E-state index contributed by atoms with van der Waals surface area (Å²) < 4.78 is 37.2. The number of rotatable bonds is 7. The van der Waals surface area contributed by atoms with Gasteiger partial charge in [-0.05, 0) is 36.8 Å². The standard InChI is InChI=1S/C17H19NO5S/c1-3-23-16-7-5-4-6-15(16)18-24(20,21)12-13-8-10-14(11-9-13)17(19)22-2/h4-11,18H,3,12H2,1-2H3. The van der Waals surface area contributed by atoms with E-state index < -0.39 is 16.0 Å². The monoisotopic (exact) mass is 349 g/mol. The number of carbonyl (C=O) groups excluding carboxylic acids is 1. The highest BCUT2D eigenvalue weighted by atomic mass is 32.2. The lowest BCUT2D eigenvalue weighted by molar-refractivity contribution is 0.0600. The van der Waals surface area contributed by atoms with Gasteiger partial charge in [0.25, 0.3) is 0 Å². The first kappa shape index (κ1) is 17.8. The highest BCUT2D eigenvalue weighted by Gasteiger charge is 2.15. The molecule has 0 aliphatic heterocycles. The van der Waals surface area contributed by atoms with Gasteiger partial charge < -0.3 is 9.47 Å². The summed E-state index contributed by atoms with van der Waals surface area (Å²) in [4.78, 5) is 11.4. The molecule has 2 rings (SSSR count). The Balaban J connectivity index is 2.13. The smallest absolute Gasteiger partial charge is 0.337 e. The number of hydrogen-bond acceptors (Lipinski definition) is 5. The zero-order chi connectivity index (χ0) is 17.6. The second-order valence-corrected chi connectivity index (χ2v) is 6.70. The molecule has 2 aromatic carbocycles. The third kappa shape index (κ3) is 4.73. The predicted molar refractivity (Wildman–Crippen MR) is 91.6 cm³/mol. The van der Waals surface area contributed by atoms with Gasteiger partial charge in [-0.3, -0.25) is 4.72 Å². The number of anilines is 1. The van der Waals surface area contributed by atoms with E-state index in [4.69, 9.17) is 4.74 Å². The van der Waals surface area contributed by atoms with Crippen LogP contribution < -0.4 is 9.46 Å². The quantitative estimate of drug-likeness (QED) is 0.777. The number of esters is 1. The molecule has 7 heteroatoms. The van der Waals surface area contributed by atoms with Gasteiger partial charge in [0.2, 0.25) is 10.0 Å². The van der Waals surface area contributed by atoms with E-state index in [9.17, 15) is 13.2 Å². The topological polar surface area (TPSA) is 81.7 Å². The number of methoxy groups -OCH3 is 1. The minimum Gasteiger partial charge on any atom is -0.492 e. The molecule has 2 aromatic rings. The predicted octanol–water partition coefficient (Wildman–Crippen LogP) is 2.81. The van der Waals surface area contributed by atoms with E-state index in [0.29, 0.717) is 29.2 Å². The van der Waals surface area contributed by atoms with Gasteiger partial charge in [-0.15, -0.1) is 0 Å². The van der Waals surface area contributed by atoms with Crippen LogP contribution in [0.5, 0.6) is 5.75 Å². The number of para-hydroxylation sites is 2. The summed E-state index contributed by atoms with van der Waals surface area (Å²) in [6, 6.07) is 13.1. The third-order valence-electron chi connectivity index (χ3n) is 3.18. The molecule has 0 fully saturated rings. The van der Waals surface area contributed by atoms with E-state index in [0.717, 1.165) is 0 Å². The van der Waals surface area contributed by atoms with Gasteiger partial charge in [0.15, 0.2) is 0 Å². The number of benzene rings is 2. The van der Waals surface area contributed by atoms with Crippen LogP contribution in [0.3, 0.4) is 0 Å². The lowest BCUT2D eigenvalue weighted by Crippen LogP contribution is -2.16. The Hall–Kier alpha value is -2.54. The Labute approximate surface area is 141 Å². The average Bonchev–Trinajstić information content (AvgIpc) is 2.56. The highest BCUT2D eigenvalue weighted by molar-refractivity contribution is 7.91. The van der Waals surface area contributed by atoms with Gasteiger partial charge in [-0.2, -0.15) is 0 Å².